The molecule has 1 heterocycles. The molecule has 78 valence electrons. The number of thioether (sulfide) groups is 1. The molecule has 0 fully saturated rings. The molecule has 0 spiro atoms. The van der Waals surface area contributed by atoms with Crippen LogP contribution in [0.25, 0.3) is 11.5 Å². The molecule has 15 heavy (non-hydrogen) atoms. The Morgan fingerprint density at radius 1 is 1.33 bits per heavy atom. The Morgan fingerprint density at radius 3 is 2.87 bits per heavy atom. The van der Waals surface area contributed by atoms with Gasteiger partial charge in [0.1, 0.15) is 0 Å². The first kappa shape index (κ1) is 10.5. The van der Waals surface area contributed by atoms with E-state index in [1.54, 1.807) is 17.8 Å². The molecule has 0 aliphatic heterocycles. The van der Waals surface area contributed by atoms with Gasteiger partial charge in [0.25, 0.3) is 0 Å². The Morgan fingerprint density at radius 2 is 2.13 bits per heavy atom. The van der Waals surface area contributed by atoms with Crippen LogP contribution in [0.1, 0.15) is 5.89 Å². The molecule has 0 saturated heterocycles. The first-order valence-corrected chi connectivity index (χ1v) is 6.14. The van der Waals surface area contributed by atoms with E-state index in [-0.39, 0.29) is 0 Å². The van der Waals surface area contributed by atoms with Crippen molar-refractivity contribution in [1.82, 2.24) is 10.2 Å². The summed E-state index contributed by atoms with van der Waals surface area (Å²) in [6.45, 7) is 0. The van der Waals surface area contributed by atoms with Gasteiger partial charge in [-0.2, -0.15) is 11.8 Å². The summed E-state index contributed by atoms with van der Waals surface area (Å²) in [5.41, 5.74) is 0.777. The van der Waals surface area contributed by atoms with Gasteiger partial charge in [-0.25, -0.2) is 0 Å². The monoisotopic (exact) mass is 240 g/mol. The fourth-order valence-electron chi connectivity index (χ4n) is 1.18. The van der Waals surface area contributed by atoms with Crippen LogP contribution in [0.5, 0.6) is 0 Å². The highest BCUT2D eigenvalue weighted by molar-refractivity contribution is 7.97. The zero-order valence-corrected chi connectivity index (χ0v) is 9.68. The highest BCUT2D eigenvalue weighted by atomic mass is 35.5. The average Bonchev–Trinajstić information content (AvgIpc) is 2.68. The van der Waals surface area contributed by atoms with E-state index in [9.17, 15) is 0 Å². The summed E-state index contributed by atoms with van der Waals surface area (Å²) in [5, 5.41) is 8.50. The number of hydrogen-bond acceptors (Lipinski definition) is 4. The van der Waals surface area contributed by atoms with E-state index in [1.165, 1.54) is 0 Å². The lowest BCUT2D eigenvalue weighted by Crippen LogP contribution is -1.78. The highest BCUT2D eigenvalue weighted by Crippen LogP contribution is 2.26. The molecule has 1 aromatic heterocycles. The van der Waals surface area contributed by atoms with Crippen LogP contribution in [0, 0.1) is 0 Å². The third-order valence-corrected chi connectivity index (χ3v) is 2.70. The van der Waals surface area contributed by atoms with Gasteiger partial charge in [0.2, 0.25) is 11.8 Å². The van der Waals surface area contributed by atoms with Crippen LogP contribution < -0.4 is 0 Å². The van der Waals surface area contributed by atoms with Gasteiger partial charge in [-0.05, 0) is 18.4 Å². The maximum Gasteiger partial charge on any atom is 0.249 e. The molecule has 1 aromatic carbocycles. The number of halogens is 1. The Hall–Kier alpha value is -1.00. The van der Waals surface area contributed by atoms with E-state index < -0.39 is 0 Å². The van der Waals surface area contributed by atoms with Crippen molar-refractivity contribution in [2.75, 3.05) is 6.26 Å². The molecule has 0 saturated carbocycles. The van der Waals surface area contributed by atoms with Crippen LogP contribution in [0.4, 0.5) is 0 Å². The summed E-state index contributed by atoms with van der Waals surface area (Å²) in [5.74, 6) is 1.82. The Kier molecular flexibility index (Phi) is 3.28. The van der Waals surface area contributed by atoms with Gasteiger partial charge in [0.15, 0.2) is 0 Å². The topological polar surface area (TPSA) is 38.9 Å². The van der Waals surface area contributed by atoms with Crippen molar-refractivity contribution in [3.05, 3.63) is 35.2 Å². The summed E-state index contributed by atoms with van der Waals surface area (Å²) in [6.07, 6.45) is 1.99. The summed E-state index contributed by atoms with van der Waals surface area (Å²) < 4.78 is 5.46. The van der Waals surface area contributed by atoms with E-state index in [0.29, 0.717) is 16.8 Å². The van der Waals surface area contributed by atoms with Crippen molar-refractivity contribution in [3.63, 3.8) is 0 Å². The molecule has 2 rings (SSSR count). The number of benzene rings is 1. The molecule has 0 unspecified atom stereocenters. The number of hydrogen-bond donors (Lipinski definition) is 0. The standard InChI is InChI=1S/C10H9ClN2OS/c1-15-6-9-12-13-10(14-9)7-4-2-3-5-8(7)11/h2-5H,6H2,1H3. The van der Waals surface area contributed by atoms with Crippen molar-refractivity contribution in [3.8, 4) is 11.5 Å². The zero-order chi connectivity index (χ0) is 10.7. The van der Waals surface area contributed by atoms with Gasteiger partial charge in [-0.1, -0.05) is 23.7 Å². The van der Waals surface area contributed by atoms with Crippen LogP contribution in [-0.4, -0.2) is 16.5 Å². The minimum Gasteiger partial charge on any atom is -0.420 e. The minimum absolute atomic E-state index is 0.477. The number of aromatic nitrogens is 2. The van der Waals surface area contributed by atoms with Crippen LogP contribution in [0.2, 0.25) is 5.02 Å². The fraction of sp³-hybridized carbons (Fsp3) is 0.200. The van der Waals surface area contributed by atoms with Gasteiger partial charge >= 0.3 is 0 Å². The predicted molar refractivity (Wildman–Crippen MR) is 62.0 cm³/mol. The SMILES string of the molecule is CSCc1nnc(-c2ccccc2Cl)o1. The molecule has 0 bridgehead atoms. The number of nitrogens with zero attached hydrogens (tertiary/aromatic N) is 2. The number of rotatable bonds is 3. The second-order valence-electron chi connectivity index (χ2n) is 2.91. The molecule has 0 aliphatic rings. The first-order valence-electron chi connectivity index (χ1n) is 4.37. The molecule has 3 nitrogen and oxygen atoms in total. The van der Waals surface area contributed by atoms with Gasteiger partial charge in [-0.15, -0.1) is 10.2 Å². The third kappa shape index (κ3) is 2.33. The van der Waals surface area contributed by atoms with Gasteiger partial charge in [-0.3, -0.25) is 0 Å². The van der Waals surface area contributed by atoms with Crippen molar-refractivity contribution >= 4 is 23.4 Å². The lowest BCUT2D eigenvalue weighted by molar-refractivity contribution is 0.528. The lowest BCUT2D eigenvalue weighted by atomic mass is 10.2. The molecule has 0 atom stereocenters. The fourth-order valence-corrected chi connectivity index (χ4v) is 1.76. The molecule has 2 aromatic rings. The lowest BCUT2D eigenvalue weighted by Gasteiger charge is -1.96. The Balaban J connectivity index is 2.33. The van der Waals surface area contributed by atoms with Crippen LogP contribution >= 0.6 is 23.4 Å². The molecule has 0 radical (unpaired) electrons. The third-order valence-electron chi connectivity index (χ3n) is 1.84. The van der Waals surface area contributed by atoms with E-state index in [2.05, 4.69) is 10.2 Å². The Labute approximate surface area is 96.8 Å². The molecule has 5 heteroatoms. The zero-order valence-electron chi connectivity index (χ0n) is 8.11. The van der Waals surface area contributed by atoms with E-state index >= 15 is 0 Å². The maximum atomic E-state index is 6.01. The average molecular weight is 241 g/mol. The quantitative estimate of drug-likeness (QED) is 0.826. The van der Waals surface area contributed by atoms with Crippen molar-refractivity contribution in [1.29, 1.82) is 0 Å². The molecular formula is C10H9ClN2OS. The summed E-state index contributed by atoms with van der Waals surface area (Å²) in [4.78, 5) is 0. The van der Waals surface area contributed by atoms with Crippen molar-refractivity contribution in [2.24, 2.45) is 0 Å². The van der Waals surface area contributed by atoms with E-state index in [1.807, 2.05) is 24.5 Å². The maximum absolute atomic E-state index is 6.01. The van der Waals surface area contributed by atoms with Crippen molar-refractivity contribution in [2.45, 2.75) is 5.75 Å². The van der Waals surface area contributed by atoms with Crippen LogP contribution in [0.15, 0.2) is 28.7 Å². The molecule has 0 aliphatic carbocycles. The van der Waals surface area contributed by atoms with E-state index in [0.717, 1.165) is 11.3 Å². The molecule has 0 amide bonds. The van der Waals surface area contributed by atoms with Gasteiger partial charge < -0.3 is 4.42 Å². The molecular weight excluding hydrogens is 232 g/mol. The van der Waals surface area contributed by atoms with Gasteiger partial charge in [0.05, 0.1) is 16.3 Å². The Bertz CT molecular complexity index is 458. The van der Waals surface area contributed by atoms with Crippen LogP contribution in [0.3, 0.4) is 0 Å². The van der Waals surface area contributed by atoms with Gasteiger partial charge in [0, 0.05) is 0 Å². The second kappa shape index (κ2) is 4.68. The smallest absolute Gasteiger partial charge is 0.249 e. The summed E-state index contributed by atoms with van der Waals surface area (Å²) in [7, 11) is 0. The van der Waals surface area contributed by atoms with E-state index in [4.69, 9.17) is 16.0 Å². The highest BCUT2D eigenvalue weighted by Gasteiger charge is 2.10. The second-order valence-corrected chi connectivity index (χ2v) is 4.19. The summed E-state index contributed by atoms with van der Waals surface area (Å²) >= 11 is 7.65. The summed E-state index contributed by atoms with van der Waals surface area (Å²) in [6, 6.07) is 7.42. The largest absolute Gasteiger partial charge is 0.420 e. The molecule has 0 N–H and O–H groups in total. The van der Waals surface area contributed by atoms with Crippen molar-refractivity contribution < 1.29 is 4.42 Å². The first-order chi connectivity index (χ1) is 7.31. The minimum atomic E-state index is 0.477. The van der Waals surface area contributed by atoms with Crippen LogP contribution in [-0.2, 0) is 5.75 Å². The predicted octanol–water partition coefficient (Wildman–Crippen LogP) is 3.25. The normalized spacial score (nSPS) is 10.5.